The zero-order chi connectivity index (χ0) is 16.9. The number of nitrogens with one attached hydrogen (secondary N) is 2. The molecule has 1 atom stereocenters. The van der Waals surface area contributed by atoms with Gasteiger partial charge in [-0.1, -0.05) is 26.0 Å². The van der Waals surface area contributed by atoms with Crippen LogP contribution in [0.3, 0.4) is 0 Å². The van der Waals surface area contributed by atoms with E-state index in [9.17, 15) is 9.90 Å². The molecule has 0 saturated heterocycles. The number of urea groups is 1. The minimum absolute atomic E-state index is 0.0596. The fourth-order valence-electron chi connectivity index (χ4n) is 1.91. The Morgan fingerprint density at radius 2 is 2.04 bits per heavy atom. The van der Waals surface area contributed by atoms with Gasteiger partial charge in [-0.05, 0) is 36.6 Å². The van der Waals surface area contributed by atoms with Gasteiger partial charge < -0.3 is 15.7 Å². The van der Waals surface area contributed by atoms with Gasteiger partial charge in [0, 0.05) is 24.6 Å². The van der Waals surface area contributed by atoms with Gasteiger partial charge in [-0.25, -0.2) is 4.79 Å². The van der Waals surface area contributed by atoms with E-state index < -0.39 is 5.60 Å². The Bertz CT molecular complexity index is 619. The monoisotopic (exact) mass is 316 g/mol. The van der Waals surface area contributed by atoms with Crippen molar-refractivity contribution in [2.75, 3.05) is 11.9 Å². The molecule has 0 bridgehead atoms. The van der Waals surface area contributed by atoms with Crippen LogP contribution in [-0.4, -0.2) is 33.1 Å². The molecule has 2 aromatic rings. The lowest BCUT2D eigenvalue weighted by Gasteiger charge is -2.27. The molecule has 0 aliphatic rings. The first-order chi connectivity index (χ1) is 10.9. The Kier molecular flexibility index (Phi) is 5.39. The van der Waals surface area contributed by atoms with Gasteiger partial charge in [0.15, 0.2) is 0 Å². The number of hydrogen-bond donors (Lipinski definition) is 3. The summed E-state index contributed by atoms with van der Waals surface area (Å²) in [4.78, 5) is 11.9. The first-order valence-electron chi connectivity index (χ1n) is 7.70. The Balaban J connectivity index is 1.84. The Labute approximate surface area is 136 Å². The van der Waals surface area contributed by atoms with Crippen LogP contribution in [0, 0.1) is 5.92 Å². The van der Waals surface area contributed by atoms with Gasteiger partial charge in [-0.15, -0.1) is 0 Å². The second-order valence-corrected chi connectivity index (χ2v) is 6.22. The average Bonchev–Trinajstić information content (AvgIpc) is 3.00. The van der Waals surface area contributed by atoms with Gasteiger partial charge in [0.05, 0.1) is 12.1 Å². The van der Waals surface area contributed by atoms with E-state index in [1.54, 1.807) is 13.1 Å². The van der Waals surface area contributed by atoms with Crippen molar-refractivity contribution >= 4 is 11.7 Å². The summed E-state index contributed by atoms with van der Waals surface area (Å²) in [6, 6.07) is 9.14. The van der Waals surface area contributed by atoms with Gasteiger partial charge in [0.2, 0.25) is 0 Å². The molecule has 0 spiro atoms. The molecular formula is C17H24N4O2. The second kappa shape index (κ2) is 7.28. The molecule has 3 N–H and O–H groups in total. The summed E-state index contributed by atoms with van der Waals surface area (Å²) in [6.07, 6.45) is 3.65. The Morgan fingerprint density at radius 1 is 1.35 bits per heavy atom. The van der Waals surface area contributed by atoms with Crippen molar-refractivity contribution in [2.24, 2.45) is 5.92 Å². The number of aliphatic hydroxyl groups is 1. The van der Waals surface area contributed by atoms with Crippen molar-refractivity contribution in [1.29, 1.82) is 0 Å². The molecule has 6 nitrogen and oxygen atoms in total. The Hall–Kier alpha value is -2.34. The number of amides is 2. The van der Waals surface area contributed by atoms with Gasteiger partial charge >= 0.3 is 6.03 Å². The van der Waals surface area contributed by atoms with Crippen LogP contribution >= 0.6 is 0 Å². The summed E-state index contributed by atoms with van der Waals surface area (Å²) in [7, 11) is 0. The normalized spacial score (nSPS) is 13.6. The van der Waals surface area contributed by atoms with E-state index >= 15 is 0 Å². The third-order valence-electron chi connectivity index (χ3n) is 3.97. The molecule has 0 radical (unpaired) electrons. The van der Waals surface area contributed by atoms with Gasteiger partial charge in [0.1, 0.15) is 0 Å². The number of rotatable bonds is 6. The van der Waals surface area contributed by atoms with Crippen molar-refractivity contribution in [3.05, 3.63) is 48.3 Å². The first kappa shape index (κ1) is 17.0. The van der Waals surface area contributed by atoms with Crippen LogP contribution < -0.4 is 10.6 Å². The molecule has 1 aromatic carbocycles. The Morgan fingerprint density at radius 3 is 2.61 bits per heavy atom. The smallest absolute Gasteiger partial charge is 0.319 e. The maximum absolute atomic E-state index is 11.9. The van der Waals surface area contributed by atoms with Crippen LogP contribution in [-0.2, 0) is 6.54 Å². The van der Waals surface area contributed by atoms with Crippen LogP contribution in [0.25, 0.3) is 0 Å². The van der Waals surface area contributed by atoms with E-state index in [0.717, 1.165) is 5.56 Å². The van der Waals surface area contributed by atoms with E-state index in [-0.39, 0.29) is 18.5 Å². The number of hydrogen-bond acceptors (Lipinski definition) is 3. The molecule has 6 heteroatoms. The van der Waals surface area contributed by atoms with Crippen molar-refractivity contribution in [1.82, 2.24) is 15.1 Å². The van der Waals surface area contributed by atoms with E-state index in [1.165, 1.54) is 0 Å². The molecule has 0 aliphatic heterocycles. The van der Waals surface area contributed by atoms with Crippen LogP contribution in [0.4, 0.5) is 10.5 Å². The largest absolute Gasteiger partial charge is 0.388 e. The van der Waals surface area contributed by atoms with Crippen molar-refractivity contribution in [3.8, 4) is 0 Å². The molecule has 0 aliphatic carbocycles. The molecular weight excluding hydrogens is 292 g/mol. The first-order valence-corrected chi connectivity index (χ1v) is 7.70. The standard InChI is InChI=1S/C17H24N4O2/c1-13(2)17(3,23)12-18-16(22)20-15-7-5-14(6-8-15)11-21-10-4-9-19-21/h4-10,13,23H,11-12H2,1-3H3,(H2,18,20,22). The highest BCUT2D eigenvalue weighted by molar-refractivity contribution is 5.89. The van der Waals surface area contributed by atoms with E-state index in [0.29, 0.717) is 12.2 Å². The quantitative estimate of drug-likeness (QED) is 0.766. The van der Waals surface area contributed by atoms with Gasteiger partial charge in [0.25, 0.3) is 0 Å². The molecule has 2 amide bonds. The minimum Gasteiger partial charge on any atom is -0.388 e. The number of benzene rings is 1. The lowest BCUT2D eigenvalue weighted by Crippen LogP contribution is -2.45. The molecule has 23 heavy (non-hydrogen) atoms. The minimum atomic E-state index is -0.926. The summed E-state index contributed by atoms with van der Waals surface area (Å²) in [6.45, 7) is 6.43. The number of aromatic nitrogens is 2. The highest BCUT2D eigenvalue weighted by Gasteiger charge is 2.25. The maximum atomic E-state index is 11.9. The zero-order valence-electron chi connectivity index (χ0n) is 13.8. The zero-order valence-corrected chi connectivity index (χ0v) is 13.8. The highest BCUT2D eigenvalue weighted by Crippen LogP contribution is 2.15. The fraction of sp³-hybridized carbons (Fsp3) is 0.412. The van der Waals surface area contributed by atoms with Gasteiger partial charge in [-0.3, -0.25) is 4.68 Å². The average molecular weight is 316 g/mol. The number of anilines is 1. The molecule has 0 saturated carbocycles. The van der Waals surface area contributed by atoms with Crippen molar-refractivity contribution < 1.29 is 9.90 Å². The van der Waals surface area contributed by atoms with E-state index in [1.807, 2.05) is 55.1 Å². The van der Waals surface area contributed by atoms with E-state index in [4.69, 9.17) is 0 Å². The molecule has 2 rings (SSSR count). The van der Waals surface area contributed by atoms with Crippen LogP contribution in [0.2, 0.25) is 0 Å². The molecule has 1 heterocycles. The fourth-order valence-corrected chi connectivity index (χ4v) is 1.91. The molecule has 1 unspecified atom stereocenters. The summed E-state index contributed by atoms with van der Waals surface area (Å²) in [5, 5.41) is 19.7. The van der Waals surface area contributed by atoms with Gasteiger partial charge in [-0.2, -0.15) is 5.10 Å². The lowest BCUT2D eigenvalue weighted by molar-refractivity contribution is 0.0170. The molecule has 124 valence electrons. The second-order valence-electron chi connectivity index (χ2n) is 6.22. The predicted molar refractivity (Wildman–Crippen MR) is 90.3 cm³/mol. The third-order valence-corrected chi connectivity index (χ3v) is 3.97. The maximum Gasteiger partial charge on any atom is 0.319 e. The van der Waals surface area contributed by atoms with Crippen LogP contribution in [0.1, 0.15) is 26.3 Å². The van der Waals surface area contributed by atoms with E-state index in [2.05, 4.69) is 15.7 Å². The summed E-state index contributed by atoms with van der Waals surface area (Å²) < 4.78 is 1.84. The number of nitrogens with zero attached hydrogens (tertiary/aromatic N) is 2. The SMILES string of the molecule is CC(C)C(C)(O)CNC(=O)Nc1ccc(Cn2cccn2)cc1. The molecule has 0 fully saturated rings. The number of carbonyl (C=O) groups excluding carboxylic acids is 1. The van der Waals surface area contributed by atoms with Crippen LogP contribution in [0.5, 0.6) is 0 Å². The predicted octanol–water partition coefficient (Wildman–Crippen LogP) is 2.46. The van der Waals surface area contributed by atoms with Crippen molar-refractivity contribution in [3.63, 3.8) is 0 Å². The molecule has 1 aromatic heterocycles. The van der Waals surface area contributed by atoms with Crippen molar-refractivity contribution in [2.45, 2.75) is 32.9 Å². The summed E-state index contributed by atoms with van der Waals surface area (Å²) >= 11 is 0. The van der Waals surface area contributed by atoms with Crippen LogP contribution in [0.15, 0.2) is 42.7 Å². The lowest BCUT2D eigenvalue weighted by atomic mass is 9.93. The number of carbonyl (C=O) groups is 1. The summed E-state index contributed by atoms with van der Waals surface area (Å²) in [5.74, 6) is 0.0596. The summed E-state index contributed by atoms with van der Waals surface area (Å²) in [5.41, 5.74) is 0.878. The third kappa shape index (κ3) is 5.10. The highest BCUT2D eigenvalue weighted by atomic mass is 16.3. The topological polar surface area (TPSA) is 79.2 Å².